The number of carbonyl (C=O) groups excluding carboxylic acids is 1. The van der Waals surface area contributed by atoms with Crippen LogP contribution in [-0.4, -0.2) is 15.7 Å². The van der Waals surface area contributed by atoms with Crippen molar-refractivity contribution in [1.82, 2.24) is 4.98 Å². The zero-order valence-electron chi connectivity index (χ0n) is 10.4. The first-order chi connectivity index (χ1) is 9.47. The number of aromatic nitrogens is 1. The molecule has 0 radical (unpaired) electrons. The van der Waals surface area contributed by atoms with Gasteiger partial charge in [-0.2, -0.15) is 0 Å². The van der Waals surface area contributed by atoms with E-state index in [0.29, 0.717) is 10.0 Å². The van der Waals surface area contributed by atoms with Gasteiger partial charge in [0.2, 0.25) is 5.88 Å². The van der Waals surface area contributed by atoms with Crippen molar-refractivity contribution in [3.05, 3.63) is 56.7 Å². The van der Waals surface area contributed by atoms with Gasteiger partial charge in [-0.25, -0.2) is 4.98 Å². The average molecular weight is 337 g/mol. The zero-order chi connectivity index (χ0) is 14.7. The molecule has 0 N–H and O–H groups in total. The van der Waals surface area contributed by atoms with E-state index in [9.17, 15) is 14.9 Å². The number of pyridine rings is 1. The molecule has 2 aromatic rings. The largest absolute Gasteiger partial charge is 0.438 e. The second kappa shape index (κ2) is 5.79. The molecule has 0 aliphatic heterocycles. The van der Waals surface area contributed by atoms with Crippen molar-refractivity contribution in [2.45, 2.75) is 6.92 Å². The summed E-state index contributed by atoms with van der Waals surface area (Å²) in [5, 5.41) is 10.7. The summed E-state index contributed by atoms with van der Waals surface area (Å²) in [6.45, 7) is 1.43. The van der Waals surface area contributed by atoms with Crippen LogP contribution in [0.25, 0.3) is 0 Å². The molecule has 0 saturated carbocycles. The van der Waals surface area contributed by atoms with Crippen LogP contribution < -0.4 is 4.74 Å². The van der Waals surface area contributed by atoms with Crippen LogP contribution in [0.15, 0.2) is 41.0 Å². The third-order valence-corrected chi connectivity index (χ3v) is 3.14. The van der Waals surface area contributed by atoms with Crippen LogP contribution in [-0.2, 0) is 0 Å². The Bertz CT molecular complexity index is 688. The Labute approximate surface area is 122 Å². The number of ether oxygens (including phenoxy) is 1. The molecule has 0 fully saturated rings. The number of nitro benzene ring substituents is 1. The maximum Gasteiger partial charge on any atom is 0.273 e. The van der Waals surface area contributed by atoms with Crippen LogP contribution >= 0.6 is 15.9 Å². The fourth-order valence-corrected chi connectivity index (χ4v) is 1.81. The van der Waals surface area contributed by atoms with Crippen molar-refractivity contribution in [2.75, 3.05) is 0 Å². The van der Waals surface area contributed by atoms with Crippen molar-refractivity contribution in [3.63, 3.8) is 0 Å². The van der Waals surface area contributed by atoms with E-state index in [1.165, 1.54) is 37.4 Å². The van der Waals surface area contributed by atoms with Crippen molar-refractivity contribution in [3.8, 4) is 11.6 Å². The molecule has 1 aromatic carbocycles. The molecule has 0 spiro atoms. The minimum absolute atomic E-state index is 0.0917. The molecule has 2 rings (SSSR count). The Hall–Kier alpha value is -2.28. The van der Waals surface area contributed by atoms with E-state index in [2.05, 4.69) is 20.9 Å². The maximum absolute atomic E-state index is 11.3. The molecule has 0 atom stereocenters. The average Bonchev–Trinajstić information content (AvgIpc) is 2.41. The predicted octanol–water partition coefficient (Wildman–Crippen LogP) is 3.75. The number of Topliss-reactive ketones (excluding diaryl/α,β-unsaturated/α-hetero) is 1. The number of halogens is 1. The highest BCUT2D eigenvalue weighted by molar-refractivity contribution is 9.10. The number of rotatable bonds is 4. The lowest BCUT2D eigenvalue weighted by atomic mass is 10.2. The van der Waals surface area contributed by atoms with Gasteiger partial charge in [-0.3, -0.25) is 14.9 Å². The van der Waals surface area contributed by atoms with Crippen LogP contribution in [0.5, 0.6) is 11.6 Å². The van der Waals surface area contributed by atoms with Crippen LogP contribution in [0.4, 0.5) is 5.69 Å². The van der Waals surface area contributed by atoms with Gasteiger partial charge in [-0.1, -0.05) is 0 Å². The molecule has 6 nitrogen and oxygen atoms in total. The van der Waals surface area contributed by atoms with Crippen LogP contribution in [0, 0.1) is 10.1 Å². The van der Waals surface area contributed by atoms with Gasteiger partial charge in [0.1, 0.15) is 0 Å². The monoisotopic (exact) mass is 336 g/mol. The Morgan fingerprint density at radius 2 is 2.10 bits per heavy atom. The molecular formula is C13H9BrN2O4. The fourth-order valence-electron chi connectivity index (χ4n) is 1.48. The van der Waals surface area contributed by atoms with Crippen LogP contribution in [0.2, 0.25) is 0 Å². The minimum Gasteiger partial charge on any atom is -0.438 e. The van der Waals surface area contributed by atoms with Crippen molar-refractivity contribution >= 4 is 27.4 Å². The summed E-state index contributed by atoms with van der Waals surface area (Å²) in [5.74, 6) is 0.335. The number of ketones is 1. The van der Waals surface area contributed by atoms with Crippen molar-refractivity contribution in [1.29, 1.82) is 0 Å². The number of hydrogen-bond acceptors (Lipinski definition) is 5. The molecule has 1 aromatic heterocycles. The Balaban J connectivity index is 2.34. The van der Waals surface area contributed by atoms with Gasteiger partial charge < -0.3 is 4.74 Å². The third kappa shape index (κ3) is 3.18. The summed E-state index contributed by atoms with van der Waals surface area (Å²) in [7, 11) is 0. The summed E-state index contributed by atoms with van der Waals surface area (Å²) in [6, 6.07) is 7.20. The first-order valence-corrected chi connectivity index (χ1v) is 6.35. The second-order valence-corrected chi connectivity index (χ2v) is 4.77. The molecule has 0 aliphatic carbocycles. The van der Waals surface area contributed by atoms with E-state index >= 15 is 0 Å². The highest BCUT2D eigenvalue weighted by Gasteiger charge is 2.12. The lowest BCUT2D eigenvalue weighted by Crippen LogP contribution is -1.96. The standard InChI is InChI=1S/C13H9BrN2O4/c1-8(17)9-4-5-15-13(6-9)20-12-7-10(16(18)19)2-3-11(12)14/h2-7H,1H3. The van der Waals surface area contributed by atoms with Crippen molar-refractivity contribution in [2.24, 2.45) is 0 Å². The smallest absolute Gasteiger partial charge is 0.273 e. The normalized spacial score (nSPS) is 10.1. The highest BCUT2D eigenvalue weighted by Crippen LogP contribution is 2.32. The van der Waals surface area contributed by atoms with Gasteiger partial charge in [0.15, 0.2) is 11.5 Å². The topological polar surface area (TPSA) is 82.3 Å². The number of carbonyl (C=O) groups is 1. The first kappa shape index (κ1) is 14.1. The summed E-state index contributed by atoms with van der Waals surface area (Å²) in [6.07, 6.45) is 1.44. The van der Waals surface area contributed by atoms with Gasteiger partial charge in [0.25, 0.3) is 5.69 Å². The molecule has 1 heterocycles. The van der Waals surface area contributed by atoms with Gasteiger partial charge in [-0.15, -0.1) is 0 Å². The lowest BCUT2D eigenvalue weighted by Gasteiger charge is -2.07. The number of benzene rings is 1. The number of hydrogen-bond donors (Lipinski definition) is 0. The van der Waals surface area contributed by atoms with E-state index in [4.69, 9.17) is 4.74 Å². The molecule has 102 valence electrons. The molecule has 0 amide bonds. The van der Waals surface area contributed by atoms with E-state index in [0.717, 1.165) is 0 Å². The first-order valence-electron chi connectivity index (χ1n) is 5.56. The number of nitro groups is 1. The van der Waals surface area contributed by atoms with Crippen molar-refractivity contribution < 1.29 is 14.5 Å². The van der Waals surface area contributed by atoms with E-state index < -0.39 is 4.92 Å². The predicted molar refractivity (Wildman–Crippen MR) is 75.1 cm³/mol. The highest BCUT2D eigenvalue weighted by atomic mass is 79.9. The third-order valence-electron chi connectivity index (χ3n) is 2.48. The summed E-state index contributed by atoms with van der Waals surface area (Å²) >= 11 is 3.24. The molecule has 7 heteroatoms. The second-order valence-electron chi connectivity index (χ2n) is 3.91. The van der Waals surface area contributed by atoms with Crippen LogP contribution in [0.3, 0.4) is 0 Å². The van der Waals surface area contributed by atoms with Gasteiger partial charge in [0.05, 0.1) is 15.5 Å². The Morgan fingerprint density at radius 3 is 2.75 bits per heavy atom. The molecule has 20 heavy (non-hydrogen) atoms. The minimum atomic E-state index is -0.515. The molecular weight excluding hydrogens is 328 g/mol. The molecule has 0 unspecified atom stereocenters. The molecule has 0 saturated heterocycles. The quantitative estimate of drug-likeness (QED) is 0.482. The molecule has 0 bridgehead atoms. The SMILES string of the molecule is CC(=O)c1ccnc(Oc2cc([N+](=O)[O-])ccc2Br)c1. The van der Waals surface area contributed by atoms with Gasteiger partial charge in [0, 0.05) is 23.9 Å². The van der Waals surface area contributed by atoms with E-state index in [1.54, 1.807) is 6.07 Å². The number of nitrogens with zero attached hydrogens (tertiary/aromatic N) is 2. The van der Waals surface area contributed by atoms with E-state index in [-0.39, 0.29) is 23.1 Å². The Morgan fingerprint density at radius 1 is 1.35 bits per heavy atom. The maximum atomic E-state index is 11.3. The summed E-state index contributed by atoms with van der Waals surface area (Å²) in [5.41, 5.74) is 0.363. The zero-order valence-corrected chi connectivity index (χ0v) is 12.0. The Kier molecular flexibility index (Phi) is 4.09. The lowest BCUT2D eigenvalue weighted by molar-refractivity contribution is -0.384. The number of non-ortho nitro benzene ring substituents is 1. The van der Waals surface area contributed by atoms with Crippen LogP contribution in [0.1, 0.15) is 17.3 Å². The van der Waals surface area contributed by atoms with Gasteiger partial charge >= 0.3 is 0 Å². The fraction of sp³-hybridized carbons (Fsp3) is 0.0769. The summed E-state index contributed by atoms with van der Waals surface area (Å²) in [4.78, 5) is 25.5. The molecule has 0 aliphatic rings. The summed E-state index contributed by atoms with van der Waals surface area (Å²) < 4.78 is 6.03. The van der Waals surface area contributed by atoms with Gasteiger partial charge in [-0.05, 0) is 35.0 Å². The van der Waals surface area contributed by atoms with E-state index in [1.807, 2.05) is 0 Å².